The van der Waals surface area contributed by atoms with Gasteiger partial charge in [0.1, 0.15) is 11.2 Å². The van der Waals surface area contributed by atoms with Gasteiger partial charge in [0.25, 0.3) is 0 Å². The van der Waals surface area contributed by atoms with Gasteiger partial charge in [0.05, 0.1) is 5.41 Å². The highest BCUT2D eigenvalue weighted by Gasteiger charge is 2.38. The summed E-state index contributed by atoms with van der Waals surface area (Å²) in [7, 11) is 0. The van der Waals surface area contributed by atoms with E-state index >= 15 is 0 Å². The number of hydrogen-bond donors (Lipinski definition) is 0. The van der Waals surface area contributed by atoms with E-state index in [1.165, 1.54) is 16.7 Å². The molecule has 54 heavy (non-hydrogen) atoms. The van der Waals surface area contributed by atoms with Crippen LogP contribution in [0.15, 0.2) is 205 Å². The third-order valence-corrected chi connectivity index (χ3v) is 10.5. The first kappa shape index (κ1) is 31.6. The van der Waals surface area contributed by atoms with Crippen molar-refractivity contribution in [2.75, 3.05) is 0 Å². The maximum absolute atomic E-state index is 6.30. The fourth-order valence-corrected chi connectivity index (χ4v) is 8.00. The van der Waals surface area contributed by atoms with Crippen LogP contribution in [0.25, 0.3) is 66.9 Å². The lowest BCUT2D eigenvalue weighted by Gasteiger charge is -2.37. The lowest BCUT2D eigenvalue weighted by atomic mass is 9.65. The van der Waals surface area contributed by atoms with Gasteiger partial charge in [-0.2, -0.15) is 0 Å². The van der Waals surface area contributed by atoms with Crippen LogP contribution in [-0.2, 0) is 5.41 Å². The van der Waals surface area contributed by atoms with E-state index in [0.717, 1.165) is 55.0 Å². The van der Waals surface area contributed by atoms with Crippen molar-refractivity contribution in [2.45, 2.75) is 5.41 Å². The summed E-state index contributed by atoms with van der Waals surface area (Å²) in [5.41, 5.74) is 8.36. The summed E-state index contributed by atoms with van der Waals surface area (Å²) in [6.07, 6.45) is 0. The van der Waals surface area contributed by atoms with E-state index in [1.807, 2.05) is 30.3 Å². The number of fused-ring (bicyclic) bond motifs is 4. The summed E-state index contributed by atoms with van der Waals surface area (Å²) in [5.74, 6) is 1.79. The highest BCUT2D eigenvalue weighted by molar-refractivity contribution is 6.11. The van der Waals surface area contributed by atoms with Gasteiger partial charge in [-0.15, -0.1) is 0 Å². The van der Waals surface area contributed by atoms with E-state index in [0.29, 0.717) is 17.5 Å². The van der Waals surface area contributed by atoms with E-state index in [1.54, 1.807) is 0 Å². The highest BCUT2D eigenvalue weighted by Crippen LogP contribution is 2.46. The van der Waals surface area contributed by atoms with Gasteiger partial charge < -0.3 is 4.42 Å². The van der Waals surface area contributed by atoms with Crippen LogP contribution in [0.5, 0.6) is 0 Å². The topological polar surface area (TPSA) is 51.8 Å². The van der Waals surface area contributed by atoms with Crippen molar-refractivity contribution in [3.05, 3.63) is 222 Å². The van der Waals surface area contributed by atoms with Crippen LogP contribution in [-0.4, -0.2) is 15.0 Å². The molecule has 0 saturated carbocycles. The predicted molar refractivity (Wildman–Crippen MR) is 219 cm³/mol. The first-order valence-corrected chi connectivity index (χ1v) is 18.2. The zero-order chi connectivity index (χ0) is 35.9. The average Bonchev–Trinajstić information content (AvgIpc) is 3.64. The lowest BCUT2D eigenvalue weighted by molar-refractivity contribution is 0.669. The van der Waals surface area contributed by atoms with Gasteiger partial charge in [0, 0.05) is 27.5 Å². The molecule has 0 amide bonds. The van der Waals surface area contributed by atoms with Gasteiger partial charge >= 0.3 is 0 Å². The van der Waals surface area contributed by atoms with Gasteiger partial charge in [0.2, 0.25) is 0 Å². The molecule has 0 saturated heterocycles. The van der Waals surface area contributed by atoms with Crippen molar-refractivity contribution >= 4 is 32.7 Å². The van der Waals surface area contributed by atoms with Crippen LogP contribution >= 0.6 is 0 Å². The maximum atomic E-state index is 6.30. The molecular weight excluding hydrogens is 659 g/mol. The molecule has 4 heteroatoms. The number of para-hydroxylation sites is 1. The van der Waals surface area contributed by atoms with Crippen LogP contribution in [0.4, 0.5) is 0 Å². The van der Waals surface area contributed by atoms with Crippen molar-refractivity contribution in [2.24, 2.45) is 0 Å². The summed E-state index contributed by atoms with van der Waals surface area (Å²) in [5, 5.41) is 4.30. The van der Waals surface area contributed by atoms with Crippen molar-refractivity contribution < 1.29 is 4.42 Å². The van der Waals surface area contributed by atoms with Crippen molar-refractivity contribution in [1.29, 1.82) is 0 Å². The first-order chi connectivity index (χ1) is 26.8. The number of hydrogen-bond acceptors (Lipinski definition) is 4. The second-order valence-electron chi connectivity index (χ2n) is 13.6. The minimum Gasteiger partial charge on any atom is -0.456 e. The summed E-state index contributed by atoms with van der Waals surface area (Å²) in [6.45, 7) is 0. The van der Waals surface area contributed by atoms with Crippen molar-refractivity contribution in [3.8, 4) is 34.2 Å². The van der Waals surface area contributed by atoms with Crippen LogP contribution in [0.1, 0.15) is 22.3 Å². The molecule has 2 aromatic heterocycles. The summed E-state index contributed by atoms with van der Waals surface area (Å²) in [4.78, 5) is 15.7. The molecular formula is C50H33N3O. The largest absolute Gasteiger partial charge is 0.456 e. The Balaban J connectivity index is 1.24. The van der Waals surface area contributed by atoms with E-state index in [-0.39, 0.29) is 0 Å². The van der Waals surface area contributed by atoms with Gasteiger partial charge in [-0.05, 0) is 57.3 Å². The van der Waals surface area contributed by atoms with Crippen LogP contribution in [0.2, 0.25) is 0 Å². The zero-order valence-corrected chi connectivity index (χ0v) is 29.3. The van der Waals surface area contributed by atoms with E-state index in [9.17, 15) is 0 Å². The van der Waals surface area contributed by atoms with Gasteiger partial charge in [-0.25, -0.2) is 15.0 Å². The molecule has 0 N–H and O–H groups in total. The van der Waals surface area contributed by atoms with Crippen LogP contribution in [0, 0.1) is 0 Å². The monoisotopic (exact) mass is 691 g/mol. The summed E-state index contributed by atoms with van der Waals surface area (Å²) < 4.78 is 6.30. The van der Waals surface area contributed by atoms with Gasteiger partial charge in [0.15, 0.2) is 17.5 Å². The Kier molecular flexibility index (Phi) is 7.66. The number of rotatable bonds is 7. The van der Waals surface area contributed by atoms with Crippen LogP contribution in [0.3, 0.4) is 0 Å². The SMILES string of the molecule is c1ccc(C(c2ccccc2)(c2ccccc2)c2cccc(-c3nc(-c4ccc5ccccc5c4)nc(-c4cccc5oc6ccccc6c45)n3)c2)cc1. The van der Waals surface area contributed by atoms with E-state index in [4.69, 9.17) is 19.4 Å². The molecule has 8 aromatic carbocycles. The highest BCUT2D eigenvalue weighted by atomic mass is 16.3. The number of aromatic nitrogens is 3. The Hall–Kier alpha value is -7.17. The maximum Gasteiger partial charge on any atom is 0.164 e. The summed E-state index contributed by atoms with van der Waals surface area (Å²) in [6, 6.07) is 70.0. The third-order valence-electron chi connectivity index (χ3n) is 10.5. The third kappa shape index (κ3) is 5.27. The Morgan fingerprint density at radius 3 is 1.56 bits per heavy atom. The number of furan rings is 1. The van der Waals surface area contributed by atoms with Crippen molar-refractivity contribution in [3.63, 3.8) is 0 Å². The molecule has 0 unspecified atom stereocenters. The molecule has 2 heterocycles. The molecule has 10 rings (SSSR count). The first-order valence-electron chi connectivity index (χ1n) is 18.2. The minimum atomic E-state index is -0.613. The van der Waals surface area contributed by atoms with Crippen LogP contribution < -0.4 is 0 Å². The Morgan fingerprint density at radius 1 is 0.352 bits per heavy atom. The van der Waals surface area contributed by atoms with Gasteiger partial charge in [-0.1, -0.05) is 176 Å². The second kappa shape index (κ2) is 13.1. The number of benzene rings is 8. The zero-order valence-electron chi connectivity index (χ0n) is 29.3. The second-order valence-corrected chi connectivity index (χ2v) is 13.6. The molecule has 0 fully saturated rings. The molecule has 254 valence electrons. The Morgan fingerprint density at radius 2 is 0.870 bits per heavy atom. The Bertz CT molecular complexity index is 2840. The Labute approximate surface area is 313 Å². The molecule has 4 nitrogen and oxygen atoms in total. The fourth-order valence-electron chi connectivity index (χ4n) is 8.00. The lowest BCUT2D eigenvalue weighted by Crippen LogP contribution is -2.31. The van der Waals surface area contributed by atoms with E-state index in [2.05, 4.69) is 170 Å². The molecule has 0 aliphatic carbocycles. The van der Waals surface area contributed by atoms with E-state index < -0.39 is 5.41 Å². The summed E-state index contributed by atoms with van der Waals surface area (Å²) >= 11 is 0. The molecule has 0 aliphatic heterocycles. The molecule has 10 aromatic rings. The quantitative estimate of drug-likeness (QED) is 0.156. The predicted octanol–water partition coefficient (Wildman–Crippen LogP) is 12.3. The molecule has 0 atom stereocenters. The number of nitrogens with zero attached hydrogens (tertiary/aromatic N) is 3. The standard InChI is InChI=1S/C50H33N3O/c1-4-19-38(20-5-1)50(39-21-6-2-7-22-39,40-23-8-3-9-24-40)41-25-14-18-36(33-41)47-51-48(37-31-30-34-16-10-11-17-35(34)32-37)53-49(52-47)43-27-15-29-45-46(43)42-26-12-13-28-44(42)54-45/h1-33H. The normalized spacial score (nSPS) is 11.7. The minimum absolute atomic E-state index is 0.589. The fraction of sp³-hybridized carbons (Fsp3) is 0.0200. The van der Waals surface area contributed by atoms with Crippen molar-refractivity contribution in [1.82, 2.24) is 15.0 Å². The molecule has 0 bridgehead atoms. The average molecular weight is 692 g/mol. The smallest absolute Gasteiger partial charge is 0.164 e. The molecule has 0 aliphatic rings. The molecule has 0 spiro atoms. The molecule has 0 radical (unpaired) electrons. The van der Waals surface area contributed by atoms with Gasteiger partial charge in [-0.3, -0.25) is 0 Å².